The number of urea groups is 1. The molecule has 0 saturated carbocycles. The zero-order valence-corrected chi connectivity index (χ0v) is 20.9. The first-order valence-electron chi connectivity index (χ1n) is 12.2. The average molecular weight is 520 g/mol. The van der Waals surface area contributed by atoms with Gasteiger partial charge in [0.1, 0.15) is 12.4 Å². The number of aliphatic hydroxyl groups is 1. The summed E-state index contributed by atoms with van der Waals surface area (Å²) in [5.74, 6) is -0.389. The normalized spacial score (nSPS) is 17.4. The highest BCUT2D eigenvalue weighted by Crippen LogP contribution is 2.41. The number of hydroxylamine groups is 1. The molecule has 38 heavy (non-hydrogen) atoms. The molecule has 0 radical (unpaired) electrons. The molecule has 2 aliphatic heterocycles. The van der Waals surface area contributed by atoms with Crippen molar-refractivity contribution in [3.63, 3.8) is 0 Å². The van der Waals surface area contributed by atoms with Gasteiger partial charge >= 0.3 is 6.03 Å². The Morgan fingerprint density at radius 3 is 2.71 bits per heavy atom. The van der Waals surface area contributed by atoms with Gasteiger partial charge in [0.2, 0.25) is 11.8 Å². The Morgan fingerprint density at radius 2 is 2.00 bits per heavy atom. The van der Waals surface area contributed by atoms with Crippen LogP contribution in [0.5, 0.6) is 5.75 Å². The molecule has 2 atom stereocenters. The molecular formula is C27H29N5O6. The van der Waals surface area contributed by atoms with Gasteiger partial charge in [-0.05, 0) is 41.0 Å². The third kappa shape index (κ3) is 4.51. The number of rotatable bonds is 9. The quantitative estimate of drug-likeness (QED) is 0.147. The summed E-state index contributed by atoms with van der Waals surface area (Å²) in [6.07, 6.45) is 0.0147. The number of amides is 4. The molecule has 3 aromatic rings. The summed E-state index contributed by atoms with van der Waals surface area (Å²) in [6.45, 7) is 5.18. The molecule has 4 amide bonds. The van der Waals surface area contributed by atoms with Crippen LogP contribution in [0.2, 0.25) is 0 Å². The van der Waals surface area contributed by atoms with Crippen LogP contribution in [-0.4, -0.2) is 69.3 Å². The summed E-state index contributed by atoms with van der Waals surface area (Å²) in [6, 6.07) is 12.5. The van der Waals surface area contributed by atoms with E-state index in [1.165, 1.54) is 18.0 Å². The van der Waals surface area contributed by atoms with E-state index in [2.05, 4.69) is 16.5 Å². The zero-order valence-electron chi connectivity index (χ0n) is 20.9. The van der Waals surface area contributed by atoms with Crippen LogP contribution in [0.3, 0.4) is 0 Å². The fourth-order valence-corrected chi connectivity index (χ4v) is 5.16. The standard InChI is InChI=1S/C27H29N5O6/c1-3-23(33)28-10-11-38-18-8-9-21-19(12-18)24-20-14-31(27(36)30(2)26(20)35)15-22(24)32(21)13-16-4-6-17(7-5-16)25(34)29-37/h3-9,12,20,25,29,34,37H,1,10-11,13-15H2,2H3,(H,28,33). The second kappa shape index (κ2) is 10.3. The molecule has 3 heterocycles. The number of nitrogens with zero attached hydrogens (tertiary/aromatic N) is 3. The van der Waals surface area contributed by atoms with E-state index in [1.54, 1.807) is 17.0 Å². The summed E-state index contributed by atoms with van der Waals surface area (Å²) in [5.41, 5.74) is 5.96. The highest BCUT2D eigenvalue weighted by Gasteiger charge is 2.44. The van der Waals surface area contributed by atoms with E-state index >= 15 is 0 Å². The number of aliphatic hydroxyl groups excluding tert-OH is 1. The van der Waals surface area contributed by atoms with E-state index in [0.29, 0.717) is 37.5 Å². The number of hydrogen-bond acceptors (Lipinski definition) is 7. The number of carbonyl (C=O) groups excluding carboxylic acids is 3. The number of hydrogen-bond donors (Lipinski definition) is 4. The number of aromatic nitrogens is 1. The number of imide groups is 1. The van der Waals surface area contributed by atoms with Gasteiger partial charge in [-0.2, -0.15) is 5.48 Å². The van der Waals surface area contributed by atoms with Gasteiger partial charge in [-0.3, -0.25) is 14.5 Å². The van der Waals surface area contributed by atoms with Gasteiger partial charge in [-0.1, -0.05) is 30.8 Å². The van der Waals surface area contributed by atoms with Gasteiger partial charge in [0.25, 0.3) is 0 Å². The van der Waals surface area contributed by atoms with Crippen molar-refractivity contribution in [2.24, 2.45) is 0 Å². The molecule has 198 valence electrons. The molecule has 5 rings (SSSR count). The molecular weight excluding hydrogens is 490 g/mol. The van der Waals surface area contributed by atoms with Crippen molar-refractivity contribution < 1.29 is 29.4 Å². The van der Waals surface area contributed by atoms with Gasteiger partial charge in [0, 0.05) is 36.7 Å². The summed E-state index contributed by atoms with van der Waals surface area (Å²) in [5, 5.41) is 22.3. The molecule has 1 aromatic heterocycles. The summed E-state index contributed by atoms with van der Waals surface area (Å²) in [4.78, 5) is 40.2. The van der Waals surface area contributed by atoms with Gasteiger partial charge in [0.15, 0.2) is 6.23 Å². The lowest BCUT2D eigenvalue weighted by molar-refractivity contribution is -0.132. The van der Waals surface area contributed by atoms with Crippen molar-refractivity contribution in [3.05, 3.63) is 77.5 Å². The van der Waals surface area contributed by atoms with Crippen molar-refractivity contribution in [2.75, 3.05) is 26.7 Å². The van der Waals surface area contributed by atoms with E-state index in [-0.39, 0.29) is 24.5 Å². The molecule has 11 heteroatoms. The van der Waals surface area contributed by atoms with Crippen LogP contribution in [0.15, 0.2) is 55.1 Å². The smallest absolute Gasteiger partial charge is 0.326 e. The van der Waals surface area contributed by atoms with E-state index < -0.39 is 12.1 Å². The molecule has 0 spiro atoms. The Hall–Kier alpha value is -4.19. The zero-order chi connectivity index (χ0) is 27.0. The second-order valence-corrected chi connectivity index (χ2v) is 9.36. The fraction of sp³-hybridized carbons (Fsp3) is 0.296. The Kier molecular flexibility index (Phi) is 6.89. The highest BCUT2D eigenvalue weighted by atomic mass is 16.5. The van der Waals surface area contributed by atoms with Crippen LogP contribution in [0, 0.1) is 0 Å². The Morgan fingerprint density at radius 1 is 1.24 bits per heavy atom. The molecule has 4 N–H and O–H groups in total. The van der Waals surface area contributed by atoms with Crippen LogP contribution < -0.4 is 15.5 Å². The fourth-order valence-electron chi connectivity index (χ4n) is 5.16. The molecule has 1 fully saturated rings. The first-order valence-corrected chi connectivity index (χ1v) is 12.2. The number of fused-ring (bicyclic) bond motifs is 6. The molecule has 2 aromatic carbocycles. The van der Waals surface area contributed by atoms with Crippen molar-refractivity contribution in [1.82, 2.24) is 25.2 Å². The maximum atomic E-state index is 13.2. The van der Waals surface area contributed by atoms with Crippen LogP contribution in [-0.2, 0) is 22.7 Å². The van der Waals surface area contributed by atoms with Crippen LogP contribution in [0.1, 0.15) is 34.5 Å². The summed E-state index contributed by atoms with van der Waals surface area (Å²) >= 11 is 0. The molecule has 1 saturated heterocycles. The third-order valence-electron chi connectivity index (χ3n) is 7.08. The lowest BCUT2D eigenvalue weighted by atomic mass is 9.89. The maximum absolute atomic E-state index is 13.2. The third-order valence-corrected chi connectivity index (χ3v) is 7.08. The highest BCUT2D eigenvalue weighted by molar-refractivity contribution is 6.04. The van der Waals surface area contributed by atoms with Crippen molar-refractivity contribution in [1.29, 1.82) is 0 Å². The first-order chi connectivity index (χ1) is 18.3. The molecule has 11 nitrogen and oxygen atoms in total. The van der Waals surface area contributed by atoms with Gasteiger partial charge in [-0.25, -0.2) is 4.79 Å². The van der Waals surface area contributed by atoms with Crippen molar-refractivity contribution >= 4 is 28.7 Å². The minimum Gasteiger partial charge on any atom is -0.492 e. The maximum Gasteiger partial charge on any atom is 0.326 e. The summed E-state index contributed by atoms with van der Waals surface area (Å²) in [7, 11) is 1.51. The predicted molar refractivity (Wildman–Crippen MR) is 137 cm³/mol. The lowest BCUT2D eigenvalue weighted by Crippen LogP contribution is -2.56. The minimum atomic E-state index is -1.19. The van der Waals surface area contributed by atoms with E-state index in [4.69, 9.17) is 9.94 Å². The number of ether oxygens (including phenoxy) is 1. The van der Waals surface area contributed by atoms with Crippen LogP contribution in [0.25, 0.3) is 10.9 Å². The minimum absolute atomic E-state index is 0.237. The molecule has 2 aliphatic rings. The first kappa shape index (κ1) is 25.5. The number of likely N-dealkylation sites (N-methyl/N-ethyl adjacent to an activating group) is 1. The molecule has 2 unspecified atom stereocenters. The van der Waals surface area contributed by atoms with Crippen molar-refractivity contribution in [3.8, 4) is 5.75 Å². The van der Waals surface area contributed by atoms with Crippen molar-refractivity contribution in [2.45, 2.75) is 25.2 Å². The summed E-state index contributed by atoms with van der Waals surface area (Å²) < 4.78 is 7.99. The van der Waals surface area contributed by atoms with E-state index in [1.807, 2.05) is 35.8 Å². The van der Waals surface area contributed by atoms with E-state index in [0.717, 1.165) is 27.7 Å². The van der Waals surface area contributed by atoms with Gasteiger partial charge in [0.05, 0.1) is 19.0 Å². The average Bonchev–Trinajstić information content (AvgIpc) is 3.25. The monoisotopic (exact) mass is 519 g/mol. The topological polar surface area (TPSA) is 136 Å². The Labute approximate surface area is 218 Å². The predicted octanol–water partition coefficient (Wildman–Crippen LogP) is 1.83. The Balaban J connectivity index is 1.53. The largest absolute Gasteiger partial charge is 0.492 e. The van der Waals surface area contributed by atoms with Crippen LogP contribution in [0.4, 0.5) is 4.79 Å². The van der Waals surface area contributed by atoms with Gasteiger partial charge in [-0.15, -0.1) is 0 Å². The number of nitrogens with one attached hydrogen (secondary N) is 2. The number of carbonyl (C=O) groups is 3. The molecule has 2 bridgehead atoms. The Bertz CT molecular complexity index is 1420. The SMILES string of the molecule is C=CC(=O)NCCOc1ccc2c(c1)c1c(n2Cc2ccc(C(O)NO)cc2)CN2CC1C(=O)N(C)C2=O. The van der Waals surface area contributed by atoms with Crippen LogP contribution >= 0.6 is 0 Å². The van der Waals surface area contributed by atoms with E-state index in [9.17, 15) is 19.5 Å². The molecule has 0 aliphatic carbocycles. The second-order valence-electron chi connectivity index (χ2n) is 9.36. The number of benzene rings is 2. The van der Waals surface area contributed by atoms with Gasteiger partial charge < -0.3 is 29.8 Å². The lowest BCUT2D eigenvalue weighted by Gasteiger charge is -2.41.